The van der Waals surface area contributed by atoms with Gasteiger partial charge in [-0.2, -0.15) is 0 Å². The number of hydrogen-bond acceptors (Lipinski definition) is 5. The van der Waals surface area contributed by atoms with E-state index in [0.29, 0.717) is 24.5 Å². The number of nitro benzene ring substituents is 1. The van der Waals surface area contributed by atoms with Crippen molar-refractivity contribution in [1.82, 2.24) is 0 Å². The molecule has 1 aliphatic heterocycles. The van der Waals surface area contributed by atoms with Crippen LogP contribution in [-0.4, -0.2) is 36.3 Å². The van der Waals surface area contributed by atoms with Gasteiger partial charge in [0.05, 0.1) is 4.92 Å². The molecular weight excluding hydrogens is 258 g/mol. The summed E-state index contributed by atoms with van der Waals surface area (Å²) in [5, 5.41) is 23.7. The summed E-state index contributed by atoms with van der Waals surface area (Å²) in [6.07, 6.45) is 1.93. The minimum atomic E-state index is -0.324. The van der Waals surface area contributed by atoms with Crippen LogP contribution in [0.1, 0.15) is 19.8 Å². The molecular formula is C14H21N3O3. The lowest BCUT2D eigenvalue weighted by molar-refractivity contribution is -0.383. The van der Waals surface area contributed by atoms with Gasteiger partial charge in [0.2, 0.25) is 0 Å². The number of aliphatic hydroxyl groups is 1. The van der Waals surface area contributed by atoms with Crippen molar-refractivity contribution in [2.45, 2.75) is 19.8 Å². The van der Waals surface area contributed by atoms with Crippen LogP contribution >= 0.6 is 0 Å². The lowest BCUT2D eigenvalue weighted by Crippen LogP contribution is -2.37. The Labute approximate surface area is 118 Å². The van der Waals surface area contributed by atoms with Crippen molar-refractivity contribution in [2.75, 3.05) is 36.5 Å². The van der Waals surface area contributed by atoms with E-state index in [1.54, 1.807) is 12.1 Å². The predicted octanol–water partition coefficient (Wildman–Crippen LogP) is 2.24. The normalized spacial score (nSPS) is 18.9. The van der Waals surface area contributed by atoms with E-state index in [2.05, 4.69) is 5.32 Å². The van der Waals surface area contributed by atoms with Crippen LogP contribution in [0.25, 0.3) is 0 Å². The Morgan fingerprint density at radius 1 is 1.55 bits per heavy atom. The molecule has 1 fully saturated rings. The van der Waals surface area contributed by atoms with Crippen molar-refractivity contribution >= 4 is 17.1 Å². The molecule has 0 aliphatic carbocycles. The summed E-state index contributed by atoms with van der Waals surface area (Å²) in [7, 11) is 0. The molecule has 0 radical (unpaired) electrons. The summed E-state index contributed by atoms with van der Waals surface area (Å²) in [6.45, 7) is 4.17. The van der Waals surface area contributed by atoms with E-state index in [9.17, 15) is 15.2 Å². The fourth-order valence-electron chi connectivity index (χ4n) is 2.74. The highest BCUT2D eigenvalue weighted by Gasteiger charge is 2.27. The molecule has 2 N–H and O–H groups in total. The van der Waals surface area contributed by atoms with E-state index >= 15 is 0 Å². The Morgan fingerprint density at radius 2 is 2.35 bits per heavy atom. The number of benzene rings is 1. The van der Waals surface area contributed by atoms with Crippen molar-refractivity contribution in [3.63, 3.8) is 0 Å². The van der Waals surface area contributed by atoms with Crippen LogP contribution in [-0.2, 0) is 0 Å². The summed E-state index contributed by atoms with van der Waals surface area (Å²) in [5.41, 5.74) is 1.33. The van der Waals surface area contributed by atoms with Gasteiger partial charge in [-0.25, -0.2) is 0 Å². The molecule has 1 unspecified atom stereocenters. The fourth-order valence-corrected chi connectivity index (χ4v) is 2.74. The van der Waals surface area contributed by atoms with Gasteiger partial charge >= 0.3 is 5.69 Å². The number of nitrogens with zero attached hydrogens (tertiary/aromatic N) is 2. The third-order valence-corrected chi connectivity index (χ3v) is 3.68. The number of nitro groups is 1. The zero-order chi connectivity index (χ0) is 14.5. The van der Waals surface area contributed by atoms with Gasteiger partial charge in [0.15, 0.2) is 0 Å². The molecule has 1 aromatic rings. The van der Waals surface area contributed by atoms with Crippen molar-refractivity contribution < 1.29 is 10.0 Å². The quantitative estimate of drug-likeness (QED) is 0.638. The van der Waals surface area contributed by atoms with Crippen LogP contribution in [0.15, 0.2) is 18.2 Å². The lowest BCUT2D eigenvalue weighted by atomic mass is 9.98. The number of para-hydroxylation sites is 1. The molecule has 1 aliphatic rings. The molecule has 2 rings (SSSR count). The van der Waals surface area contributed by atoms with Crippen molar-refractivity contribution in [1.29, 1.82) is 0 Å². The summed E-state index contributed by atoms with van der Waals surface area (Å²) in [6, 6.07) is 5.36. The maximum atomic E-state index is 11.4. The van der Waals surface area contributed by atoms with Crippen LogP contribution in [0.3, 0.4) is 0 Å². The van der Waals surface area contributed by atoms with E-state index in [-0.39, 0.29) is 23.1 Å². The third kappa shape index (κ3) is 3.01. The number of aliphatic hydroxyl groups excluding tert-OH is 1. The molecule has 6 nitrogen and oxygen atoms in total. The Morgan fingerprint density at radius 3 is 3.00 bits per heavy atom. The predicted molar refractivity (Wildman–Crippen MR) is 79.3 cm³/mol. The lowest BCUT2D eigenvalue weighted by Gasteiger charge is -2.33. The Bertz CT molecular complexity index is 479. The summed E-state index contributed by atoms with van der Waals surface area (Å²) in [5.74, 6) is 0.200. The average molecular weight is 279 g/mol. The van der Waals surface area contributed by atoms with Gasteiger partial charge in [0, 0.05) is 26.2 Å². The highest BCUT2D eigenvalue weighted by Crippen LogP contribution is 2.37. The third-order valence-electron chi connectivity index (χ3n) is 3.68. The van der Waals surface area contributed by atoms with Gasteiger partial charge in [-0.1, -0.05) is 6.07 Å². The first-order valence-electron chi connectivity index (χ1n) is 7.04. The molecule has 0 bridgehead atoms. The topological polar surface area (TPSA) is 78.6 Å². The standard InChI is InChI=1S/C14H21N3O3/c1-2-15-12-6-3-7-13(14(12)17(19)20)16-8-4-5-11(9-16)10-18/h3,6-7,11,15,18H,2,4-5,8-10H2,1H3. The number of piperidine rings is 1. The molecule has 1 atom stereocenters. The number of nitrogens with one attached hydrogen (secondary N) is 1. The molecule has 0 aromatic heterocycles. The van der Waals surface area contributed by atoms with Crippen molar-refractivity contribution in [3.8, 4) is 0 Å². The zero-order valence-corrected chi connectivity index (χ0v) is 11.7. The van der Waals surface area contributed by atoms with Crippen LogP contribution < -0.4 is 10.2 Å². The SMILES string of the molecule is CCNc1cccc(N2CCCC(CO)C2)c1[N+](=O)[O-]. The zero-order valence-electron chi connectivity index (χ0n) is 11.7. The van der Waals surface area contributed by atoms with Crippen LogP contribution in [0.5, 0.6) is 0 Å². The summed E-state index contributed by atoms with van der Waals surface area (Å²) >= 11 is 0. The maximum absolute atomic E-state index is 11.4. The van der Waals surface area contributed by atoms with Gasteiger partial charge in [0.1, 0.15) is 11.4 Å². The molecule has 1 aromatic carbocycles. The van der Waals surface area contributed by atoms with Crippen molar-refractivity contribution in [2.24, 2.45) is 5.92 Å². The molecule has 0 amide bonds. The van der Waals surface area contributed by atoms with Crippen LogP contribution in [0, 0.1) is 16.0 Å². The molecule has 1 saturated heterocycles. The number of anilines is 2. The Kier molecular flexibility index (Phi) is 4.79. The first-order chi connectivity index (χ1) is 9.67. The van der Waals surface area contributed by atoms with Crippen LogP contribution in [0.4, 0.5) is 17.1 Å². The Balaban J connectivity index is 2.34. The minimum Gasteiger partial charge on any atom is -0.396 e. The van der Waals surface area contributed by atoms with Gasteiger partial charge in [0.25, 0.3) is 0 Å². The first-order valence-corrected chi connectivity index (χ1v) is 7.04. The second-order valence-corrected chi connectivity index (χ2v) is 5.10. The molecule has 0 saturated carbocycles. The largest absolute Gasteiger partial charge is 0.396 e. The van der Waals surface area contributed by atoms with E-state index in [4.69, 9.17) is 0 Å². The average Bonchev–Trinajstić information content (AvgIpc) is 2.47. The monoisotopic (exact) mass is 279 g/mol. The molecule has 1 heterocycles. The highest BCUT2D eigenvalue weighted by molar-refractivity contribution is 5.77. The number of hydrogen-bond donors (Lipinski definition) is 2. The molecule has 6 heteroatoms. The van der Waals surface area contributed by atoms with E-state index in [0.717, 1.165) is 19.4 Å². The fraction of sp³-hybridized carbons (Fsp3) is 0.571. The second kappa shape index (κ2) is 6.56. The summed E-state index contributed by atoms with van der Waals surface area (Å²) < 4.78 is 0. The number of rotatable bonds is 5. The van der Waals surface area contributed by atoms with E-state index in [1.165, 1.54) is 0 Å². The van der Waals surface area contributed by atoms with E-state index in [1.807, 2.05) is 17.9 Å². The minimum absolute atomic E-state index is 0.132. The Hall–Kier alpha value is -1.82. The van der Waals surface area contributed by atoms with E-state index < -0.39 is 0 Å². The second-order valence-electron chi connectivity index (χ2n) is 5.10. The van der Waals surface area contributed by atoms with Crippen molar-refractivity contribution in [3.05, 3.63) is 28.3 Å². The molecule has 0 spiro atoms. The van der Waals surface area contributed by atoms with Gasteiger partial charge in [-0.05, 0) is 37.8 Å². The maximum Gasteiger partial charge on any atom is 0.315 e. The molecule has 20 heavy (non-hydrogen) atoms. The smallest absolute Gasteiger partial charge is 0.315 e. The van der Waals surface area contributed by atoms with Gasteiger partial charge < -0.3 is 15.3 Å². The highest BCUT2D eigenvalue weighted by atomic mass is 16.6. The van der Waals surface area contributed by atoms with Crippen LogP contribution in [0.2, 0.25) is 0 Å². The summed E-state index contributed by atoms with van der Waals surface area (Å²) in [4.78, 5) is 13.1. The van der Waals surface area contributed by atoms with Gasteiger partial charge in [-0.15, -0.1) is 0 Å². The first kappa shape index (κ1) is 14.6. The van der Waals surface area contributed by atoms with Gasteiger partial charge in [-0.3, -0.25) is 10.1 Å². The molecule has 110 valence electrons.